The summed E-state index contributed by atoms with van der Waals surface area (Å²) in [4.78, 5) is 4.41. The second-order valence-corrected chi connectivity index (χ2v) is 8.05. The van der Waals surface area contributed by atoms with Gasteiger partial charge in [0.05, 0.1) is 11.7 Å². The van der Waals surface area contributed by atoms with Crippen molar-refractivity contribution in [3.05, 3.63) is 62.3 Å². The summed E-state index contributed by atoms with van der Waals surface area (Å²) in [5.74, 6) is 0. The second kappa shape index (κ2) is 6.59. The van der Waals surface area contributed by atoms with Gasteiger partial charge in [-0.3, -0.25) is 4.98 Å². The Hall–Kier alpha value is -0.710. The molecule has 0 spiro atoms. The molecule has 0 aliphatic carbocycles. The van der Waals surface area contributed by atoms with Crippen LogP contribution in [-0.4, -0.2) is 4.98 Å². The van der Waals surface area contributed by atoms with Crippen LogP contribution in [0.4, 0.5) is 0 Å². The van der Waals surface area contributed by atoms with Crippen LogP contribution < -0.4 is 5.73 Å². The standard InChI is InChI=1S/C17H20Br2N2/c1-17(2,3)12-6-4-11(5-7-12)8-15(20)16-14(19)9-13(18)10-21-16/h4-7,9-10,15H,8,20H2,1-3H3. The maximum atomic E-state index is 6.29. The van der Waals surface area contributed by atoms with Crippen molar-refractivity contribution in [1.29, 1.82) is 0 Å². The summed E-state index contributed by atoms with van der Waals surface area (Å²) in [6, 6.07) is 10.6. The molecule has 0 aliphatic heterocycles. The zero-order chi connectivity index (χ0) is 15.6. The zero-order valence-electron chi connectivity index (χ0n) is 12.5. The topological polar surface area (TPSA) is 38.9 Å². The van der Waals surface area contributed by atoms with Crippen LogP contribution in [0.1, 0.15) is 43.6 Å². The van der Waals surface area contributed by atoms with Gasteiger partial charge in [0, 0.05) is 15.1 Å². The van der Waals surface area contributed by atoms with Crippen LogP contribution in [0.5, 0.6) is 0 Å². The van der Waals surface area contributed by atoms with E-state index < -0.39 is 0 Å². The normalized spacial score (nSPS) is 13.2. The third kappa shape index (κ3) is 4.38. The molecular weight excluding hydrogens is 392 g/mol. The Bertz CT molecular complexity index is 616. The van der Waals surface area contributed by atoms with Gasteiger partial charge in [-0.25, -0.2) is 0 Å². The highest BCUT2D eigenvalue weighted by molar-refractivity contribution is 9.11. The Balaban J connectivity index is 2.14. The molecular formula is C17H20Br2N2. The Morgan fingerprint density at radius 3 is 2.29 bits per heavy atom. The maximum Gasteiger partial charge on any atom is 0.0716 e. The lowest BCUT2D eigenvalue weighted by Gasteiger charge is -2.19. The van der Waals surface area contributed by atoms with E-state index in [1.54, 1.807) is 6.20 Å². The Labute approximate surface area is 143 Å². The number of halogens is 2. The van der Waals surface area contributed by atoms with E-state index >= 15 is 0 Å². The van der Waals surface area contributed by atoms with Crippen molar-refractivity contribution < 1.29 is 0 Å². The average Bonchev–Trinajstić information content (AvgIpc) is 2.38. The van der Waals surface area contributed by atoms with Crippen molar-refractivity contribution in [2.75, 3.05) is 0 Å². The number of nitrogens with two attached hydrogens (primary N) is 1. The molecule has 0 radical (unpaired) electrons. The summed E-state index contributed by atoms with van der Waals surface area (Å²) in [5.41, 5.74) is 9.92. The summed E-state index contributed by atoms with van der Waals surface area (Å²) < 4.78 is 1.88. The second-order valence-electron chi connectivity index (χ2n) is 6.28. The van der Waals surface area contributed by atoms with E-state index in [-0.39, 0.29) is 11.5 Å². The number of hydrogen-bond donors (Lipinski definition) is 1. The molecule has 4 heteroatoms. The largest absolute Gasteiger partial charge is 0.322 e. The molecule has 112 valence electrons. The zero-order valence-corrected chi connectivity index (χ0v) is 15.7. The minimum Gasteiger partial charge on any atom is -0.322 e. The van der Waals surface area contributed by atoms with E-state index in [1.807, 2.05) is 6.07 Å². The van der Waals surface area contributed by atoms with E-state index in [2.05, 4.69) is 81.9 Å². The first kappa shape index (κ1) is 16.7. The summed E-state index contributed by atoms with van der Waals surface area (Å²) in [7, 11) is 0. The SMILES string of the molecule is CC(C)(C)c1ccc(CC(N)c2ncc(Br)cc2Br)cc1. The van der Waals surface area contributed by atoms with Gasteiger partial charge in [-0.1, -0.05) is 45.0 Å². The summed E-state index contributed by atoms with van der Waals surface area (Å²) in [6.45, 7) is 6.66. The number of rotatable bonds is 3. The van der Waals surface area contributed by atoms with Gasteiger partial charge >= 0.3 is 0 Å². The van der Waals surface area contributed by atoms with Gasteiger partial charge in [0.15, 0.2) is 0 Å². The van der Waals surface area contributed by atoms with Crippen LogP contribution >= 0.6 is 31.9 Å². The van der Waals surface area contributed by atoms with Crippen molar-refractivity contribution in [2.45, 2.75) is 38.6 Å². The first-order valence-corrected chi connectivity index (χ1v) is 8.52. The summed E-state index contributed by atoms with van der Waals surface area (Å²) in [5, 5.41) is 0. The van der Waals surface area contributed by atoms with Crippen LogP contribution in [0.15, 0.2) is 45.5 Å². The fraction of sp³-hybridized carbons (Fsp3) is 0.353. The lowest BCUT2D eigenvalue weighted by atomic mass is 9.86. The lowest BCUT2D eigenvalue weighted by Crippen LogP contribution is -2.16. The molecule has 2 rings (SSSR count). The first-order valence-electron chi connectivity index (χ1n) is 6.93. The number of hydrogen-bond acceptors (Lipinski definition) is 2. The molecule has 1 atom stereocenters. The van der Waals surface area contributed by atoms with Crippen molar-refractivity contribution in [3.63, 3.8) is 0 Å². The van der Waals surface area contributed by atoms with Crippen LogP contribution in [-0.2, 0) is 11.8 Å². The molecule has 1 unspecified atom stereocenters. The molecule has 0 saturated heterocycles. The van der Waals surface area contributed by atoms with E-state index in [1.165, 1.54) is 11.1 Å². The van der Waals surface area contributed by atoms with Gasteiger partial charge in [-0.15, -0.1) is 0 Å². The maximum absolute atomic E-state index is 6.29. The van der Waals surface area contributed by atoms with Crippen molar-refractivity contribution in [3.8, 4) is 0 Å². The van der Waals surface area contributed by atoms with Crippen LogP contribution in [0, 0.1) is 0 Å². The molecule has 2 aromatic rings. The fourth-order valence-corrected chi connectivity index (χ4v) is 3.47. The van der Waals surface area contributed by atoms with Crippen LogP contribution in [0.25, 0.3) is 0 Å². The van der Waals surface area contributed by atoms with Crippen molar-refractivity contribution in [1.82, 2.24) is 4.98 Å². The van der Waals surface area contributed by atoms with Crippen LogP contribution in [0.2, 0.25) is 0 Å². The van der Waals surface area contributed by atoms with Gasteiger partial charge in [0.1, 0.15) is 0 Å². The van der Waals surface area contributed by atoms with E-state index in [0.717, 1.165) is 21.1 Å². The molecule has 1 aromatic carbocycles. The molecule has 0 bridgehead atoms. The average molecular weight is 412 g/mol. The third-order valence-electron chi connectivity index (χ3n) is 3.46. The molecule has 2 N–H and O–H groups in total. The molecule has 1 aromatic heterocycles. The van der Waals surface area contributed by atoms with Gasteiger partial charge < -0.3 is 5.73 Å². The quantitative estimate of drug-likeness (QED) is 0.758. The molecule has 0 fully saturated rings. The minimum atomic E-state index is -0.118. The highest BCUT2D eigenvalue weighted by Crippen LogP contribution is 2.27. The van der Waals surface area contributed by atoms with Crippen molar-refractivity contribution >= 4 is 31.9 Å². The predicted molar refractivity (Wildman–Crippen MR) is 95.4 cm³/mol. The fourth-order valence-electron chi connectivity index (χ4n) is 2.19. The molecule has 0 aliphatic rings. The smallest absolute Gasteiger partial charge is 0.0716 e. The number of nitrogens with zero attached hydrogens (tertiary/aromatic N) is 1. The van der Waals surface area contributed by atoms with Gasteiger partial charge in [-0.05, 0) is 60.9 Å². The van der Waals surface area contributed by atoms with E-state index in [4.69, 9.17) is 5.73 Å². The Morgan fingerprint density at radius 2 is 1.76 bits per heavy atom. The van der Waals surface area contributed by atoms with Gasteiger partial charge in [0.25, 0.3) is 0 Å². The van der Waals surface area contributed by atoms with Crippen molar-refractivity contribution in [2.24, 2.45) is 5.73 Å². The Kier molecular flexibility index (Phi) is 5.23. The summed E-state index contributed by atoms with van der Waals surface area (Å²) >= 11 is 6.93. The van der Waals surface area contributed by atoms with Crippen LogP contribution in [0.3, 0.4) is 0 Å². The highest BCUT2D eigenvalue weighted by atomic mass is 79.9. The first-order chi connectivity index (χ1) is 9.77. The summed E-state index contributed by atoms with van der Waals surface area (Å²) in [6.07, 6.45) is 2.56. The monoisotopic (exact) mass is 410 g/mol. The molecule has 0 amide bonds. The molecule has 2 nitrogen and oxygen atoms in total. The number of benzene rings is 1. The molecule has 0 saturated carbocycles. The number of aromatic nitrogens is 1. The number of pyridine rings is 1. The highest BCUT2D eigenvalue weighted by Gasteiger charge is 2.15. The molecule has 21 heavy (non-hydrogen) atoms. The van der Waals surface area contributed by atoms with E-state index in [9.17, 15) is 0 Å². The lowest BCUT2D eigenvalue weighted by molar-refractivity contribution is 0.589. The predicted octanol–water partition coefficient (Wildman–Crippen LogP) is 5.15. The Morgan fingerprint density at radius 1 is 1.14 bits per heavy atom. The van der Waals surface area contributed by atoms with Gasteiger partial charge in [0.2, 0.25) is 0 Å². The third-order valence-corrected chi connectivity index (χ3v) is 4.53. The van der Waals surface area contributed by atoms with Gasteiger partial charge in [-0.2, -0.15) is 0 Å². The molecule has 1 heterocycles. The van der Waals surface area contributed by atoms with E-state index in [0.29, 0.717) is 0 Å². The minimum absolute atomic E-state index is 0.118.